The van der Waals surface area contributed by atoms with E-state index < -0.39 is 24.7 Å². The first-order valence-corrected chi connectivity index (χ1v) is 4.36. The van der Waals surface area contributed by atoms with Gasteiger partial charge >= 0.3 is 5.97 Å². The molecule has 4 nitrogen and oxygen atoms in total. The van der Waals surface area contributed by atoms with Crippen LogP contribution >= 0.6 is 11.6 Å². The van der Waals surface area contributed by atoms with Crippen LogP contribution in [0.25, 0.3) is 0 Å². The SMILES string of the molecule is O=C(O)CC(c1cncc(Cl)n1)C(F)F. The maximum atomic E-state index is 12.5. The summed E-state index contributed by atoms with van der Waals surface area (Å²) < 4.78 is 25.0. The van der Waals surface area contributed by atoms with Gasteiger partial charge in [0.2, 0.25) is 6.43 Å². The van der Waals surface area contributed by atoms with Gasteiger partial charge in [-0.05, 0) is 0 Å². The number of rotatable bonds is 4. The Bertz CT molecular complexity index is 362. The Morgan fingerprint density at radius 2 is 2.20 bits per heavy atom. The molecule has 1 aromatic heterocycles. The van der Waals surface area contributed by atoms with Crippen LogP contribution in [-0.2, 0) is 4.79 Å². The molecule has 1 aromatic rings. The summed E-state index contributed by atoms with van der Waals surface area (Å²) in [6.45, 7) is 0. The van der Waals surface area contributed by atoms with Gasteiger partial charge in [0.1, 0.15) is 5.15 Å². The second-order valence-electron chi connectivity index (χ2n) is 2.81. The number of carboxylic acids is 1. The molecule has 1 N–H and O–H groups in total. The largest absolute Gasteiger partial charge is 0.481 e. The highest BCUT2D eigenvalue weighted by atomic mass is 35.5. The number of aliphatic carboxylic acids is 1. The summed E-state index contributed by atoms with van der Waals surface area (Å²) in [7, 11) is 0. The summed E-state index contributed by atoms with van der Waals surface area (Å²) in [5, 5.41) is 8.41. The van der Waals surface area contributed by atoms with E-state index >= 15 is 0 Å². The van der Waals surface area contributed by atoms with Crippen molar-refractivity contribution >= 4 is 17.6 Å². The smallest absolute Gasteiger partial charge is 0.304 e. The number of halogens is 3. The zero-order chi connectivity index (χ0) is 11.4. The molecule has 82 valence electrons. The maximum Gasteiger partial charge on any atom is 0.304 e. The molecule has 0 saturated heterocycles. The fraction of sp³-hybridized carbons (Fsp3) is 0.375. The van der Waals surface area contributed by atoms with E-state index in [2.05, 4.69) is 9.97 Å². The first-order valence-electron chi connectivity index (χ1n) is 3.98. The summed E-state index contributed by atoms with van der Waals surface area (Å²) in [6, 6.07) is 0. The summed E-state index contributed by atoms with van der Waals surface area (Å²) in [4.78, 5) is 17.5. The molecular formula is C8H7ClF2N2O2. The third-order valence-corrected chi connectivity index (χ3v) is 1.88. The topological polar surface area (TPSA) is 63.1 Å². The third-order valence-electron chi connectivity index (χ3n) is 1.70. The Hall–Kier alpha value is -1.30. The molecule has 0 saturated carbocycles. The minimum absolute atomic E-state index is 0.0384. The quantitative estimate of drug-likeness (QED) is 0.868. The highest BCUT2D eigenvalue weighted by Gasteiger charge is 2.27. The van der Waals surface area contributed by atoms with E-state index in [4.69, 9.17) is 16.7 Å². The van der Waals surface area contributed by atoms with Gasteiger partial charge < -0.3 is 5.11 Å². The normalized spacial score (nSPS) is 12.8. The second kappa shape index (κ2) is 4.97. The van der Waals surface area contributed by atoms with E-state index in [1.54, 1.807) is 0 Å². The molecule has 1 atom stereocenters. The zero-order valence-electron chi connectivity index (χ0n) is 7.40. The van der Waals surface area contributed by atoms with Gasteiger partial charge in [-0.25, -0.2) is 13.8 Å². The highest BCUT2D eigenvalue weighted by molar-refractivity contribution is 6.29. The number of carbonyl (C=O) groups is 1. The molecule has 0 aliphatic carbocycles. The van der Waals surface area contributed by atoms with Crippen molar-refractivity contribution in [2.75, 3.05) is 0 Å². The fourth-order valence-corrected chi connectivity index (χ4v) is 1.20. The van der Waals surface area contributed by atoms with Crippen LogP contribution in [0.3, 0.4) is 0 Å². The fourth-order valence-electron chi connectivity index (χ4n) is 1.05. The first-order chi connectivity index (χ1) is 7.00. The lowest BCUT2D eigenvalue weighted by Gasteiger charge is -2.12. The number of carboxylic acid groups (broad SMARTS) is 1. The summed E-state index contributed by atoms with van der Waals surface area (Å²) in [5.74, 6) is -2.80. The molecule has 15 heavy (non-hydrogen) atoms. The average molecular weight is 237 g/mol. The van der Waals surface area contributed by atoms with E-state index in [0.29, 0.717) is 0 Å². The monoisotopic (exact) mass is 236 g/mol. The van der Waals surface area contributed by atoms with Crippen molar-refractivity contribution in [2.45, 2.75) is 18.8 Å². The number of hydrogen-bond donors (Lipinski definition) is 1. The molecule has 1 rings (SSSR count). The predicted octanol–water partition coefficient (Wildman–Crippen LogP) is 1.95. The lowest BCUT2D eigenvalue weighted by Crippen LogP contribution is -2.15. The second-order valence-corrected chi connectivity index (χ2v) is 3.19. The van der Waals surface area contributed by atoms with Crippen LogP contribution in [-0.4, -0.2) is 27.5 Å². The average Bonchev–Trinajstić information content (AvgIpc) is 2.13. The molecule has 0 aromatic carbocycles. The molecule has 0 bridgehead atoms. The molecule has 7 heteroatoms. The highest BCUT2D eigenvalue weighted by Crippen LogP contribution is 2.25. The number of alkyl halides is 2. The lowest BCUT2D eigenvalue weighted by molar-refractivity contribution is -0.138. The van der Waals surface area contributed by atoms with E-state index in [9.17, 15) is 13.6 Å². The molecular weight excluding hydrogens is 230 g/mol. The maximum absolute atomic E-state index is 12.5. The van der Waals surface area contributed by atoms with Gasteiger partial charge in [-0.3, -0.25) is 9.78 Å². The van der Waals surface area contributed by atoms with Crippen LogP contribution < -0.4 is 0 Å². The first kappa shape index (κ1) is 11.8. The third kappa shape index (κ3) is 3.39. The van der Waals surface area contributed by atoms with Gasteiger partial charge in [0, 0.05) is 6.20 Å². The van der Waals surface area contributed by atoms with Gasteiger partial charge in [0.25, 0.3) is 0 Å². The zero-order valence-corrected chi connectivity index (χ0v) is 8.16. The van der Waals surface area contributed by atoms with Gasteiger partial charge in [0.05, 0.1) is 24.2 Å². The Labute approximate surface area is 88.9 Å². The van der Waals surface area contributed by atoms with Crippen molar-refractivity contribution in [3.05, 3.63) is 23.2 Å². The van der Waals surface area contributed by atoms with Gasteiger partial charge in [-0.2, -0.15) is 0 Å². The van der Waals surface area contributed by atoms with Crippen molar-refractivity contribution in [3.63, 3.8) is 0 Å². The molecule has 0 amide bonds. The van der Waals surface area contributed by atoms with Crippen LogP contribution in [0.1, 0.15) is 18.0 Å². The molecule has 0 radical (unpaired) electrons. The molecule has 0 spiro atoms. The van der Waals surface area contributed by atoms with Crippen LogP contribution in [0.5, 0.6) is 0 Å². The van der Waals surface area contributed by atoms with Crippen LogP contribution in [0.2, 0.25) is 5.15 Å². The van der Waals surface area contributed by atoms with E-state index in [1.165, 1.54) is 6.20 Å². The minimum Gasteiger partial charge on any atom is -0.481 e. The van der Waals surface area contributed by atoms with E-state index in [-0.39, 0.29) is 10.8 Å². The Balaban J connectivity index is 2.93. The lowest BCUT2D eigenvalue weighted by atomic mass is 10.0. The molecule has 1 heterocycles. The Morgan fingerprint density at radius 3 is 2.67 bits per heavy atom. The predicted molar refractivity (Wildman–Crippen MR) is 48.0 cm³/mol. The van der Waals surface area contributed by atoms with Crippen molar-refractivity contribution in [2.24, 2.45) is 0 Å². The summed E-state index contributed by atoms with van der Waals surface area (Å²) in [6.07, 6.45) is -1.24. The van der Waals surface area contributed by atoms with E-state index in [1.807, 2.05) is 0 Å². The standard InChI is InChI=1S/C8H7ClF2N2O2/c9-6-3-12-2-5(13-6)4(8(10)11)1-7(14)15/h2-4,8H,1H2,(H,14,15). The van der Waals surface area contributed by atoms with Crippen LogP contribution in [0.4, 0.5) is 8.78 Å². The molecule has 0 aliphatic rings. The van der Waals surface area contributed by atoms with Crippen molar-refractivity contribution in [1.82, 2.24) is 9.97 Å². The molecule has 1 unspecified atom stereocenters. The van der Waals surface area contributed by atoms with Crippen molar-refractivity contribution < 1.29 is 18.7 Å². The number of nitrogens with zero attached hydrogens (tertiary/aromatic N) is 2. The van der Waals surface area contributed by atoms with Gasteiger partial charge in [0.15, 0.2) is 0 Å². The molecule has 0 aliphatic heterocycles. The number of hydrogen-bond acceptors (Lipinski definition) is 3. The summed E-state index contributed by atoms with van der Waals surface area (Å²) in [5.41, 5.74) is -0.111. The van der Waals surface area contributed by atoms with Crippen LogP contribution in [0, 0.1) is 0 Å². The Kier molecular flexibility index (Phi) is 3.90. The van der Waals surface area contributed by atoms with Crippen LogP contribution in [0.15, 0.2) is 12.4 Å². The van der Waals surface area contributed by atoms with E-state index in [0.717, 1.165) is 6.20 Å². The van der Waals surface area contributed by atoms with Crippen molar-refractivity contribution in [3.8, 4) is 0 Å². The van der Waals surface area contributed by atoms with Gasteiger partial charge in [-0.1, -0.05) is 11.6 Å². The molecule has 0 fully saturated rings. The van der Waals surface area contributed by atoms with Gasteiger partial charge in [-0.15, -0.1) is 0 Å². The number of aromatic nitrogens is 2. The van der Waals surface area contributed by atoms with Crippen molar-refractivity contribution in [1.29, 1.82) is 0 Å². The summed E-state index contributed by atoms with van der Waals surface area (Å²) >= 11 is 5.46. The minimum atomic E-state index is -2.81. The Morgan fingerprint density at radius 1 is 1.53 bits per heavy atom.